The van der Waals surface area contributed by atoms with Crippen molar-refractivity contribution in [3.63, 3.8) is 0 Å². The molecule has 3 aliphatic heterocycles. The van der Waals surface area contributed by atoms with E-state index in [1.807, 2.05) is 17.2 Å². The lowest BCUT2D eigenvalue weighted by Gasteiger charge is -2.34. The highest BCUT2D eigenvalue weighted by molar-refractivity contribution is 5.91. The van der Waals surface area contributed by atoms with Crippen molar-refractivity contribution in [2.45, 2.75) is 62.7 Å². The largest absolute Gasteiger partial charge is 0.465 e. The second kappa shape index (κ2) is 18.2. The number of fused-ring (bicyclic) bond motifs is 1. The van der Waals surface area contributed by atoms with Crippen LogP contribution in [0.5, 0.6) is 0 Å². The third kappa shape index (κ3) is 8.73. The summed E-state index contributed by atoms with van der Waals surface area (Å²) < 4.78 is 10.4. The van der Waals surface area contributed by atoms with Gasteiger partial charge in [0, 0.05) is 31.9 Å². The fraction of sp³-hybridized carbons (Fsp3) is 0.333. The van der Waals surface area contributed by atoms with Crippen molar-refractivity contribution in [2.75, 3.05) is 33.4 Å². The minimum absolute atomic E-state index is 0.0329. The van der Waals surface area contributed by atoms with Gasteiger partial charge in [0.05, 0.1) is 43.0 Å². The van der Waals surface area contributed by atoms with Gasteiger partial charge in [-0.05, 0) is 89.6 Å². The monoisotopic (exact) mass is 850 g/mol. The van der Waals surface area contributed by atoms with Crippen molar-refractivity contribution < 1.29 is 33.8 Å². The number of nitrogens with one attached hydrogen (secondary N) is 4. The molecule has 4 atom stereocenters. The van der Waals surface area contributed by atoms with Gasteiger partial charge in [0.1, 0.15) is 23.7 Å². The average molecular weight is 851 g/mol. The number of benzene rings is 4. The molecule has 0 spiro atoms. The third-order valence-corrected chi connectivity index (χ3v) is 12.7. The van der Waals surface area contributed by atoms with Gasteiger partial charge in [0.2, 0.25) is 5.91 Å². The number of aromatic amines is 2. The minimum Gasteiger partial charge on any atom is -0.465 e. The summed E-state index contributed by atoms with van der Waals surface area (Å²) in [5.41, 5.74) is 6.35. The van der Waals surface area contributed by atoms with E-state index in [1.54, 1.807) is 35.4 Å². The van der Waals surface area contributed by atoms with Crippen LogP contribution in [0.25, 0.3) is 44.4 Å². The normalized spacial score (nSPS) is 18.9. The van der Waals surface area contributed by atoms with Crippen LogP contribution in [-0.2, 0) is 19.1 Å². The van der Waals surface area contributed by atoms with Crippen molar-refractivity contribution in [3.05, 3.63) is 121 Å². The Kier molecular flexibility index (Phi) is 11.9. The Morgan fingerprint density at radius 3 is 1.87 bits per heavy atom. The second-order valence-electron chi connectivity index (χ2n) is 16.5. The van der Waals surface area contributed by atoms with Crippen LogP contribution in [0.2, 0.25) is 0 Å². The summed E-state index contributed by atoms with van der Waals surface area (Å²) in [4.78, 5) is 71.7. The first-order chi connectivity index (χ1) is 30.7. The van der Waals surface area contributed by atoms with Crippen LogP contribution in [-0.4, -0.2) is 98.3 Å². The summed E-state index contributed by atoms with van der Waals surface area (Å²) in [7, 11) is 1.31. The SMILES string of the molecule is COC(=O)NC(C(=O)N1CCCC1c1ncc(-c2ccc3cc(-c4ccc(-c5cnc(C6CCCN6C(=O)C(NC(=O)O)c6ccccc6)[nH]5)cc4)ccc3c2)[nH]1)C1CCOCC1. The van der Waals surface area contributed by atoms with Crippen molar-refractivity contribution in [1.29, 1.82) is 0 Å². The zero-order chi connectivity index (χ0) is 43.5. The van der Waals surface area contributed by atoms with E-state index in [-0.39, 0.29) is 29.8 Å². The first-order valence-electron chi connectivity index (χ1n) is 21.6. The summed E-state index contributed by atoms with van der Waals surface area (Å²) in [6.07, 6.45) is 6.23. The summed E-state index contributed by atoms with van der Waals surface area (Å²) in [5, 5.41) is 16.9. The van der Waals surface area contributed by atoms with E-state index in [9.17, 15) is 24.3 Å². The highest BCUT2D eigenvalue weighted by Gasteiger charge is 2.40. The lowest BCUT2D eigenvalue weighted by Crippen LogP contribution is -2.53. The number of aromatic nitrogens is 4. The van der Waals surface area contributed by atoms with Crippen LogP contribution in [0.15, 0.2) is 103 Å². The number of carbonyl (C=O) groups is 4. The summed E-state index contributed by atoms with van der Waals surface area (Å²) in [6, 6.07) is 27.7. The number of methoxy groups -OCH3 is 1. The summed E-state index contributed by atoms with van der Waals surface area (Å²) in [6.45, 7) is 2.21. The fourth-order valence-corrected chi connectivity index (χ4v) is 9.39. The molecule has 9 rings (SSSR count). The highest BCUT2D eigenvalue weighted by atomic mass is 16.5. The van der Waals surface area contributed by atoms with Crippen molar-refractivity contribution >= 4 is 34.8 Å². The Morgan fingerprint density at radius 1 is 0.698 bits per heavy atom. The molecule has 3 aliphatic rings. The first kappa shape index (κ1) is 41.4. The van der Waals surface area contributed by atoms with Gasteiger partial charge in [-0.1, -0.05) is 78.9 Å². The number of amides is 4. The van der Waals surface area contributed by atoms with E-state index in [0.717, 1.165) is 75.9 Å². The Morgan fingerprint density at radius 2 is 1.25 bits per heavy atom. The summed E-state index contributed by atoms with van der Waals surface area (Å²) in [5.74, 6) is 0.941. The van der Waals surface area contributed by atoms with Gasteiger partial charge in [-0.3, -0.25) is 9.59 Å². The maximum Gasteiger partial charge on any atom is 0.407 e. The lowest BCUT2D eigenvalue weighted by molar-refractivity contribution is -0.137. The van der Waals surface area contributed by atoms with E-state index in [4.69, 9.17) is 14.5 Å². The van der Waals surface area contributed by atoms with Crippen molar-refractivity contribution in [2.24, 2.45) is 5.92 Å². The van der Waals surface area contributed by atoms with E-state index < -0.39 is 24.3 Å². The van der Waals surface area contributed by atoms with E-state index >= 15 is 0 Å². The number of likely N-dealkylation sites (tertiary alicyclic amines) is 2. The molecule has 324 valence electrons. The summed E-state index contributed by atoms with van der Waals surface area (Å²) >= 11 is 0. The molecule has 0 radical (unpaired) electrons. The Labute approximate surface area is 364 Å². The molecule has 15 heteroatoms. The third-order valence-electron chi connectivity index (χ3n) is 12.7. The molecular weight excluding hydrogens is 801 g/mol. The second-order valence-corrected chi connectivity index (χ2v) is 16.5. The number of H-pyrrole nitrogens is 2. The number of alkyl carbamates (subject to hydrolysis) is 1. The standard InChI is InChI=1S/C48H50N8O7/c1-62-48(61)54-42(32-19-23-63-24-20-32)46(58)56-22-6-10-40(56)44-50-28-38(52-44)36-18-17-34-25-33(15-16-35(34)26-36)29-11-13-30(14-12-29)37-27-49-43(51-37)39-9-5-21-55(39)45(57)41(53-47(59)60)31-7-3-2-4-8-31/h2-4,7-8,11-18,25-28,32,39-42,53H,5-6,9-10,19-24H2,1H3,(H,49,51)(H,50,52)(H,54,61)(H,59,60). The predicted molar refractivity (Wildman–Crippen MR) is 235 cm³/mol. The molecule has 0 bridgehead atoms. The molecule has 5 N–H and O–H groups in total. The Balaban J connectivity index is 0.869. The maximum absolute atomic E-state index is 14.0. The van der Waals surface area contributed by atoms with Crippen molar-refractivity contribution in [1.82, 2.24) is 40.4 Å². The molecule has 4 unspecified atom stereocenters. The zero-order valence-corrected chi connectivity index (χ0v) is 35.0. The number of carbonyl (C=O) groups excluding carboxylic acids is 3. The maximum atomic E-state index is 14.0. The molecule has 3 fully saturated rings. The van der Waals surface area contributed by atoms with Crippen LogP contribution in [0.3, 0.4) is 0 Å². The van der Waals surface area contributed by atoms with Crippen LogP contribution >= 0.6 is 0 Å². The van der Waals surface area contributed by atoms with E-state index in [2.05, 4.69) is 86.2 Å². The van der Waals surface area contributed by atoms with Gasteiger partial charge in [0.15, 0.2) is 0 Å². The molecular formula is C48H50N8O7. The average Bonchev–Trinajstić information content (AvgIpc) is 4.17. The van der Waals surface area contributed by atoms with Crippen LogP contribution in [0.1, 0.15) is 73.9 Å². The molecule has 63 heavy (non-hydrogen) atoms. The molecule has 5 heterocycles. The number of rotatable bonds is 11. The number of carboxylic acid groups (broad SMARTS) is 1. The van der Waals surface area contributed by atoms with Crippen molar-refractivity contribution in [3.8, 4) is 33.6 Å². The fourth-order valence-electron chi connectivity index (χ4n) is 9.39. The predicted octanol–water partition coefficient (Wildman–Crippen LogP) is 7.77. The molecule has 4 amide bonds. The Hall–Kier alpha value is -7.00. The Bertz CT molecular complexity index is 2600. The lowest BCUT2D eigenvalue weighted by atomic mass is 9.90. The van der Waals surface area contributed by atoms with Gasteiger partial charge >= 0.3 is 12.2 Å². The van der Waals surface area contributed by atoms with E-state index in [1.165, 1.54) is 7.11 Å². The quantitative estimate of drug-likeness (QED) is 0.0866. The molecule has 0 saturated carbocycles. The van der Waals surface area contributed by atoms with Gasteiger partial charge in [-0.25, -0.2) is 19.6 Å². The zero-order valence-electron chi connectivity index (χ0n) is 35.0. The van der Waals surface area contributed by atoms with Gasteiger partial charge < -0.3 is 45.0 Å². The number of hydrogen-bond donors (Lipinski definition) is 5. The molecule has 15 nitrogen and oxygen atoms in total. The molecule has 6 aromatic rings. The van der Waals surface area contributed by atoms with E-state index in [0.29, 0.717) is 50.5 Å². The number of hydrogen-bond acceptors (Lipinski definition) is 8. The van der Waals surface area contributed by atoms with Gasteiger partial charge in [-0.15, -0.1) is 0 Å². The first-order valence-corrected chi connectivity index (χ1v) is 21.6. The van der Waals surface area contributed by atoms with Gasteiger partial charge in [0.25, 0.3) is 5.91 Å². The van der Waals surface area contributed by atoms with Crippen LogP contribution in [0.4, 0.5) is 9.59 Å². The van der Waals surface area contributed by atoms with Gasteiger partial charge in [-0.2, -0.15) is 0 Å². The topological polar surface area (TPSA) is 195 Å². The minimum atomic E-state index is -1.26. The number of imidazole rings is 2. The van der Waals surface area contributed by atoms with Crippen LogP contribution in [0, 0.1) is 5.92 Å². The molecule has 4 aromatic carbocycles. The smallest absolute Gasteiger partial charge is 0.407 e. The van der Waals surface area contributed by atoms with Crippen LogP contribution < -0.4 is 10.6 Å². The molecule has 3 saturated heterocycles. The number of nitrogens with zero attached hydrogens (tertiary/aromatic N) is 4. The molecule has 2 aromatic heterocycles. The number of ether oxygens (including phenoxy) is 2. The molecule has 0 aliphatic carbocycles. The highest BCUT2D eigenvalue weighted by Crippen LogP contribution is 2.37.